The molecule has 0 N–H and O–H groups in total. The summed E-state index contributed by atoms with van der Waals surface area (Å²) in [7, 11) is 11.6. The van der Waals surface area contributed by atoms with Crippen molar-refractivity contribution in [2.24, 2.45) is 0 Å². The third-order valence-electron chi connectivity index (χ3n) is 7.88. The van der Waals surface area contributed by atoms with Gasteiger partial charge in [-0.15, -0.1) is 0 Å². The van der Waals surface area contributed by atoms with Gasteiger partial charge in [0, 0.05) is 23.2 Å². The van der Waals surface area contributed by atoms with E-state index in [2.05, 4.69) is 126 Å². The van der Waals surface area contributed by atoms with Crippen molar-refractivity contribution in [1.82, 2.24) is 4.90 Å². The van der Waals surface area contributed by atoms with Crippen LogP contribution in [0.5, 0.6) is 5.75 Å². The molecule has 1 saturated heterocycles. The van der Waals surface area contributed by atoms with Gasteiger partial charge in [-0.05, 0) is 40.4 Å². The second-order valence-electron chi connectivity index (χ2n) is 11.5. The zero-order valence-corrected chi connectivity index (χ0v) is 29.2. The van der Waals surface area contributed by atoms with Gasteiger partial charge < -0.3 is 9.80 Å². The van der Waals surface area contributed by atoms with Crippen molar-refractivity contribution in [1.29, 1.82) is 0 Å². The molecule has 236 valence electrons. The van der Waals surface area contributed by atoms with E-state index in [1.807, 2.05) is 42.7 Å². The van der Waals surface area contributed by atoms with Gasteiger partial charge in [0.1, 0.15) is 0 Å². The molecule has 0 atom stereocenters. The van der Waals surface area contributed by atoms with Gasteiger partial charge >= 0.3 is 97.8 Å². The van der Waals surface area contributed by atoms with Crippen LogP contribution < -0.4 is 9.64 Å². The Hall–Kier alpha value is -3.53. The van der Waals surface area contributed by atoms with Crippen molar-refractivity contribution in [3.63, 3.8) is 0 Å². The number of hydrogen-bond donors (Lipinski definition) is 0. The number of ether oxygens (including phenoxy) is 1. The van der Waals surface area contributed by atoms with Crippen LogP contribution in [0.2, 0.25) is 0 Å². The zero-order chi connectivity index (χ0) is 31.9. The van der Waals surface area contributed by atoms with E-state index in [1.165, 1.54) is 43.9 Å². The van der Waals surface area contributed by atoms with Gasteiger partial charge in [0.2, 0.25) is 0 Å². The maximum atomic E-state index is 5.82. The minimum Gasteiger partial charge on any atom is -0.507 e. The predicted molar refractivity (Wildman–Crippen MR) is 194 cm³/mol. The van der Waals surface area contributed by atoms with Gasteiger partial charge in [-0.2, -0.15) is 6.67 Å². The summed E-state index contributed by atoms with van der Waals surface area (Å²) in [5.74, 6) is 0.850. The summed E-state index contributed by atoms with van der Waals surface area (Å²) >= 11 is -1.77. The summed E-state index contributed by atoms with van der Waals surface area (Å²) < 4.78 is 7.51. The number of anilines is 1. The summed E-state index contributed by atoms with van der Waals surface area (Å²) in [6.45, 7) is 9.24. The standard InChI is InChI=1S/C30H25N2.C10H12O.2ClH.Ru/c1-3-11-23(12-4-1)21-31-19-20-32(22-31)30-28-18-10-8-16-26(28)25-15-7-9-17-27(25)29(30)24-13-5-2-6-14-24;1-8(2)11-10-7-5-4-6-9(10)3;;;/h1-18,22H,19-21H2;3-8H,1-2H3;2*1H;/q-1;;;;+2/p-2. The van der Waals surface area contributed by atoms with E-state index < -0.39 is 13.5 Å². The summed E-state index contributed by atoms with van der Waals surface area (Å²) in [6, 6.07) is 47.0. The van der Waals surface area contributed by atoms with Crippen LogP contribution in [0.25, 0.3) is 32.7 Å². The second kappa shape index (κ2) is 15.4. The molecule has 1 heterocycles. The van der Waals surface area contributed by atoms with Crippen LogP contribution in [0.15, 0.2) is 133 Å². The molecular weight excluding hydrogens is 696 g/mol. The minimum atomic E-state index is -1.77. The molecule has 7 rings (SSSR count). The van der Waals surface area contributed by atoms with E-state index >= 15 is 0 Å². The molecule has 0 aromatic heterocycles. The van der Waals surface area contributed by atoms with Crippen molar-refractivity contribution in [3.05, 3.63) is 151 Å². The van der Waals surface area contributed by atoms with Crippen LogP contribution in [0.1, 0.15) is 25.0 Å². The van der Waals surface area contributed by atoms with Crippen LogP contribution >= 0.6 is 19.4 Å². The monoisotopic (exact) mass is 733 g/mol. The maximum Gasteiger partial charge on any atom is 0.0248 e. The number of hydrogen-bond acceptors (Lipinski definition) is 3. The van der Waals surface area contributed by atoms with Crippen molar-refractivity contribution in [2.75, 3.05) is 18.0 Å². The fourth-order valence-electron chi connectivity index (χ4n) is 5.98. The molecule has 0 aliphatic carbocycles. The Balaban J connectivity index is 0.000000224. The van der Waals surface area contributed by atoms with E-state index in [1.54, 1.807) is 0 Å². The van der Waals surface area contributed by atoms with E-state index in [4.69, 9.17) is 24.1 Å². The smallest absolute Gasteiger partial charge is 0.0248 e. The Labute approximate surface area is 285 Å². The number of nitrogens with zero attached hydrogens (tertiary/aromatic N) is 2. The maximum absolute atomic E-state index is 5.82. The van der Waals surface area contributed by atoms with Gasteiger partial charge in [-0.25, -0.2) is 0 Å². The Bertz CT molecular complexity index is 1940. The van der Waals surface area contributed by atoms with E-state index in [0.29, 0.717) is 0 Å². The molecule has 0 saturated carbocycles. The van der Waals surface area contributed by atoms with E-state index in [-0.39, 0.29) is 6.10 Å². The summed E-state index contributed by atoms with van der Waals surface area (Å²) in [5.41, 5.74) is 6.22. The van der Waals surface area contributed by atoms with Crippen molar-refractivity contribution in [3.8, 4) is 16.9 Å². The normalized spacial score (nSPS) is 13.5. The molecule has 6 heteroatoms. The molecule has 6 aromatic carbocycles. The molecule has 0 amide bonds. The number of halogens is 2. The topological polar surface area (TPSA) is 15.7 Å². The zero-order valence-electron chi connectivity index (χ0n) is 26.0. The number of fused-ring (bicyclic) bond motifs is 3. The van der Waals surface area contributed by atoms with Crippen LogP contribution in [0, 0.1) is 6.67 Å². The van der Waals surface area contributed by atoms with Crippen LogP contribution in [-0.2, 0) is 20.1 Å². The summed E-state index contributed by atoms with van der Waals surface area (Å²) in [5, 5.41) is 5.24. The average Bonchev–Trinajstić information content (AvgIpc) is 3.53. The Kier molecular flexibility index (Phi) is 10.8. The number of para-hydroxylation sites is 1. The Morgan fingerprint density at radius 3 is 1.93 bits per heavy atom. The molecule has 3 nitrogen and oxygen atoms in total. The van der Waals surface area contributed by atoms with Crippen LogP contribution in [0.3, 0.4) is 0 Å². The van der Waals surface area contributed by atoms with Gasteiger partial charge in [-0.3, -0.25) is 0 Å². The predicted octanol–water partition coefficient (Wildman–Crippen LogP) is 10.7. The van der Waals surface area contributed by atoms with Gasteiger partial charge in [0.25, 0.3) is 0 Å². The second-order valence-corrected chi connectivity index (χ2v) is 17.2. The van der Waals surface area contributed by atoms with Crippen molar-refractivity contribution < 1.29 is 18.3 Å². The largest absolute Gasteiger partial charge is 0.507 e. The first kappa shape index (κ1) is 32.4. The van der Waals surface area contributed by atoms with Gasteiger partial charge in [0.15, 0.2) is 0 Å². The van der Waals surface area contributed by atoms with Gasteiger partial charge in [0.05, 0.1) is 0 Å². The molecule has 0 bridgehead atoms. The molecule has 1 aliphatic rings. The number of benzene rings is 6. The molecule has 0 radical (unpaired) electrons. The van der Waals surface area contributed by atoms with E-state index in [9.17, 15) is 0 Å². The molecule has 1 fully saturated rings. The SMILES string of the molecule is CC(C)Oc1ccccc1[CH]=[Ru]([Cl])[Cl].c1ccc(CN2[CH-]N(c3c(-c4ccccc4)c4ccccc4c4ccccc34)CC2)cc1. The van der Waals surface area contributed by atoms with Gasteiger partial charge in [-0.1, -0.05) is 109 Å². The molecule has 1 aliphatic heterocycles. The molecule has 46 heavy (non-hydrogen) atoms. The molecule has 0 unspecified atom stereocenters. The third kappa shape index (κ3) is 7.70. The van der Waals surface area contributed by atoms with Crippen molar-refractivity contribution in [2.45, 2.75) is 26.5 Å². The Morgan fingerprint density at radius 1 is 0.696 bits per heavy atom. The molecule has 0 spiro atoms. The summed E-state index contributed by atoms with van der Waals surface area (Å²) in [6.07, 6.45) is 0.163. The average molecular weight is 734 g/mol. The quantitative estimate of drug-likeness (QED) is 0.0923. The summed E-state index contributed by atoms with van der Waals surface area (Å²) in [4.78, 5) is 4.88. The fourth-order valence-corrected chi connectivity index (χ4v) is 7.79. The third-order valence-corrected chi connectivity index (χ3v) is 9.72. The first-order valence-electron chi connectivity index (χ1n) is 15.5. The molecular formula is C40H37Cl2N2ORu-. The first-order chi connectivity index (χ1) is 22.5. The minimum absolute atomic E-state index is 0.163. The fraction of sp³-hybridized carbons (Fsp3) is 0.150. The number of rotatable bonds is 7. The first-order valence-corrected chi connectivity index (χ1v) is 20.9. The van der Waals surface area contributed by atoms with Crippen molar-refractivity contribution >= 4 is 51.2 Å². The molecule has 6 aromatic rings. The Morgan fingerprint density at radius 2 is 1.26 bits per heavy atom. The van der Waals surface area contributed by atoms with Crippen LogP contribution in [-0.4, -0.2) is 28.7 Å². The van der Waals surface area contributed by atoms with Crippen LogP contribution in [0.4, 0.5) is 5.69 Å². The van der Waals surface area contributed by atoms with E-state index in [0.717, 1.165) is 30.9 Å².